The molecule has 2 saturated heterocycles. The summed E-state index contributed by atoms with van der Waals surface area (Å²) in [7, 11) is 0. The van der Waals surface area contributed by atoms with Gasteiger partial charge in [-0.25, -0.2) is 19.9 Å². The van der Waals surface area contributed by atoms with E-state index in [9.17, 15) is 0 Å². The Balaban J connectivity index is 0.871. The van der Waals surface area contributed by atoms with Gasteiger partial charge < -0.3 is 10.6 Å². The van der Waals surface area contributed by atoms with E-state index >= 15 is 0 Å². The van der Waals surface area contributed by atoms with Crippen molar-refractivity contribution < 1.29 is 0 Å². The maximum Gasteiger partial charge on any atom is 0.222 e. The summed E-state index contributed by atoms with van der Waals surface area (Å²) >= 11 is 0. The molecule has 2 N–H and O–H groups in total. The van der Waals surface area contributed by atoms with Gasteiger partial charge >= 0.3 is 0 Å². The van der Waals surface area contributed by atoms with Gasteiger partial charge in [0.05, 0.1) is 0 Å². The van der Waals surface area contributed by atoms with E-state index in [0.29, 0.717) is 23.7 Å². The lowest BCUT2D eigenvalue weighted by atomic mass is 9.96. The highest BCUT2D eigenvalue weighted by atomic mass is 15.1. The Kier molecular flexibility index (Phi) is 10.2. The fourth-order valence-electron chi connectivity index (χ4n) is 6.16. The number of aromatic nitrogens is 4. The molecular formula is C35H44N8. The summed E-state index contributed by atoms with van der Waals surface area (Å²) in [6.07, 6.45) is 13.2. The minimum absolute atomic E-state index is 0.659. The second kappa shape index (κ2) is 15.0. The molecule has 0 radical (unpaired) electrons. The maximum absolute atomic E-state index is 4.57. The molecule has 4 heterocycles. The normalized spacial score (nSPS) is 17.1. The highest BCUT2D eigenvalue weighted by Gasteiger charge is 2.20. The Hall–Kier alpha value is -3.88. The van der Waals surface area contributed by atoms with Crippen LogP contribution in [0.1, 0.15) is 47.9 Å². The Labute approximate surface area is 256 Å². The minimum atomic E-state index is 0.659. The molecular weight excluding hydrogens is 532 g/mol. The number of nitrogens with zero attached hydrogens (tertiary/aromatic N) is 6. The Bertz CT molecular complexity index is 1240. The second-order valence-electron chi connectivity index (χ2n) is 12.2. The predicted molar refractivity (Wildman–Crippen MR) is 173 cm³/mol. The highest BCUT2D eigenvalue weighted by Crippen LogP contribution is 2.21. The molecule has 2 fully saturated rings. The van der Waals surface area contributed by atoms with Crippen molar-refractivity contribution in [3.05, 3.63) is 108 Å². The van der Waals surface area contributed by atoms with Crippen LogP contribution in [0.15, 0.2) is 85.5 Å². The zero-order valence-corrected chi connectivity index (χ0v) is 25.1. The summed E-state index contributed by atoms with van der Waals surface area (Å²) in [6, 6.07) is 21.5. The molecule has 8 heteroatoms. The van der Waals surface area contributed by atoms with Gasteiger partial charge in [0.2, 0.25) is 11.9 Å². The van der Waals surface area contributed by atoms with Crippen molar-refractivity contribution in [2.24, 2.45) is 11.8 Å². The van der Waals surface area contributed by atoms with Crippen LogP contribution in [0.25, 0.3) is 0 Å². The molecule has 0 aliphatic carbocycles. The van der Waals surface area contributed by atoms with Gasteiger partial charge in [0.25, 0.3) is 0 Å². The molecule has 0 unspecified atom stereocenters. The van der Waals surface area contributed by atoms with Crippen LogP contribution < -0.4 is 10.6 Å². The average molecular weight is 577 g/mol. The van der Waals surface area contributed by atoms with Gasteiger partial charge in [-0.15, -0.1) is 0 Å². The molecule has 43 heavy (non-hydrogen) atoms. The summed E-state index contributed by atoms with van der Waals surface area (Å²) in [5.41, 5.74) is 4.92. The average Bonchev–Trinajstić information content (AvgIpc) is 3.06. The molecule has 8 nitrogen and oxygen atoms in total. The number of rotatable bonds is 12. The number of likely N-dealkylation sites (tertiary alicyclic amines) is 2. The summed E-state index contributed by atoms with van der Waals surface area (Å²) in [5, 5.41) is 6.91. The molecule has 0 saturated carbocycles. The van der Waals surface area contributed by atoms with Crippen LogP contribution >= 0.6 is 0 Å². The SMILES string of the molecule is c1ccc(CN2CCC(CNc3ncc(Cc4cnc(NCC5CCN(Cc6ccccc6)CC5)nc4)cn3)CC2)cc1. The minimum Gasteiger partial charge on any atom is -0.354 e. The fourth-order valence-corrected chi connectivity index (χ4v) is 6.16. The number of nitrogens with one attached hydrogen (secondary N) is 2. The first kappa shape index (κ1) is 29.2. The predicted octanol–water partition coefficient (Wildman–Crippen LogP) is 5.51. The number of piperidine rings is 2. The van der Waals surface area contributed by atoms with Gasteiger partial charge in [0.15, 0.2) is 0 Å². The van der Waals surface area contributed by atoms with Crippen molar-refractivity contribution in [1.29, 1.82) is 0 Å². The molecule has 224 valence electrons. The van der Waals surface area contributed by atoms with Crippen LogP contribution in [-0.4, -0.2) is 69.0 Å². The van der Waals surface area contributed by atoms with Gasteiger partial charge in [-0.05, 0) is 86.0 Å². The first-order valence-corrected chi connectivity index (χ1v) is 15.9. The van der Waals surface area contributed by atoms with Crippen LogP contribution in [0.4, 0.5) is 11.9 Å². The van der Waals surface area contributed by atoms with Crippen molar-refractivity contribution in [2.45, 2.75) is 45.2 Å². The van der Waals surface area contributed by atoms with Crippen LogP contribution in [0, 0.1) is 11.8 Å². The zero-order chi connectivity index (χ0) is 29.1. The van der Waals surface area contributed by atoms with E-state index in [0.717, 1.165) is 69.9 Å². The van der Waals surface area contributed by atoms with Crippen LogP contribution in [-0.2, 0) is 19.5 Å². The molecule has 0 bridgehead atoms. The molecule has 6 rings (SSSR count). The molecule has 2 aliphatic heterocycles. The van der Waals surface area contributed by atoms with E-state index < -0.39 is 0 Å². The van der Waals surface area contributed by atoms with E-state index in [-0.39, 0.29) is 0 Å². The Morgan fingerprint density at radius 3 is 1.26 bits per heavy atom. The zero-order valence-electron chi connectivity index (χ0n) is 25.1. The van der Waals surface area contributed by atoms with Gasteiger partial charge in [0, 0.05) is 57.4 Å². The van der Waals surface area contributed by atoms with Gasteiger partial charge in [-0.3, -0.25) is 9.80 Å². The van der Waals surface area contributed by atoms with E-state index in [1.54, 1.807) is 0 Å². The summed E-state index contributed by atoms with van der Waals surface area (Å²) in [5.74, 6) is 2.73. The maximum atomic E-state index is 4.57. The molecule has 2 aromatic heterocycles. The molecule has 0 amide bonds. The Morgan fingerprint density at radius 1 is 0.512 bits per heavy atom. The van der Waals surface area contributed by atoms with Gasteiger partial charge in [-0.1, -0.05) is 60.7 Å². The smallest absolute Gasteiger partial charge is 0.222 e. The van der Waals surface area contributed by atoms with Crippen LogP contribution in [0.5, 0.6) is 0 Å². The van der Waals surface area contributed by atoms with Crippen molar-refractivity contribution in [3.63, 3.8) is 0 Å². The largest absolute Gasteiger partial charge is 0.354 e. The standard InChI is InChI=1S/C35H44N8/c1-3-7-30(8-4-1)26-42-15-11-28(12-16-42)20-36-34-38-22-32(23-39-34)19-33-24-40-35(41-25-33)37-21-29-13-17-43(18-14-29)27-31-9-5-2-6-10-31/h1-10,22-25,28-29H,11-21,26-27H2,(H,36,38,39)(H,37,40,41). The fraction of sp³-hybridized carbons (Fsp3) is 0.429. The monoisotopic (exact) mass is 576 g/mol. The van der Waals surface area contributed by atoms with E-state index in [2.05, 4.69) is 101 Å². The number of hydrogen-bond donors (Lipinski definition) is 2. The summed E-state index contributed by atoms with van der Waals surface area (Å²) in [6.45, 7) is 8.52. The van der Waals surface area contributed by atoms with Crippen molar-refractivity contribution >= 4 is 11.9 Å². The van der Waals surface area contributed by atoms with Gasteiger partial charge in [0.1, 0.15) is 0 Å². The topological polar surface area (TPSA) is 82.1 Å². The quantitative estimate of drug-likeness (QED) is 0.229. The van der Waals surface area contributed by atoms with E-state index in [4.69, 9.17) is 0 Å². The lowest BCUT2D eigenvalue weighted by molar-refractivity contribution is 0.182. The van der Waals surface area contributed by atoms with Crippen molar-refractivity contribution in [2.75, 3.05) is 49.9 Å². The number of anilines is 2. The van der Waals surface area contributed by atoms with Crippen molar-refractivity contribution in [1.82, 2.24) is 29.7 Å². The third-order valence-electron chi connectivity index (χ3n) is 8.83. The molecule has 0 atom stereocenters. The third kappa shape index (κ3) is 9.05. The highest BCUT2D eigenvalue weighted by molar-refractivity contribution is 5.29. The molecule has 2 aromatic carbocycles. The molecule has 2 aliphatic rings. The molecule has 0 spiro atoms. The first-order valence-electron chi connectivity index (χ1n) is 15.9. The lowest BCUT2D eigenvalue weighted by Crippen LogP contribution is -2.35. The van der Waals surface area contributed by atoms with Crippen LogP contribution in [0.3, 0.4) is 0 Å². The van der Waals surface area contributed by atoms with Crippen molar-refractivity contribution in [3.8, 4) is 0 Å². The van der Waals surface area contributed by atoms with E-state index in [1.165, 1.54) is 36.8 Å². The molecule has 4 aromatic rings. The lowest BCUT2D eigenvalue weighted by Gasteiger charge is -2.32. The number of benzene rings is 2. The summed E-state index contributed by atoms with van der Waals surface area (Å²) in [4.78, 5) is 23.4. The van der Waals surface area contributed by atoms with Crippen LogP contribution in [0.2, 0.25) is 0 Å². The first-order chi connectivity index (χ1) is 21.2. The second-order valence-corrected chi connectivity index (χ2v) is 12.2. The number of hydrogen-bond acceptors (Lipinski definition) is 8. The van der Waals surface area contributed by atoms with Gasteiger partial charge in [-0.2, -0.15) is 0 Å². The summed E-state index contributed by atoms with van der Waals surface area (Å²) < 4.78 is 0. The third-order valence-corrected chi connectivity index (χ3v) is 8.83. The Morgan fingerprint density at radius 2 is 0.884 bits per heavy atom. The van der Waals surface area contributed by atoms with E-state index in [1.807, 2.05) is 24.8 Å².